The van der Waals surface area contributed by atoms with E-state index in [4.69, 9.17) is 9.47 Å². The number of aromatic nitrogens is 2. The van der Waals surface area contributed by atoms with Gasteiger partial charge in [0.25, 0.3) is 11.8 Å². The molecule has 1 aliphatic rings. The van der Waals surface area contributed by atoms with Gasteiger partial charge in [0.15, 0.2) is 21.3 Å². The zero-order valence-corrected chi connectivity index (χ0v) is 20.6. The Kier molecular flexibility index (Phi) is 6.53. The zero-order chi connectivity index (χ0) is 25.3. The van der Waals surface area contributed by atoms with E-state index in [2.05, 4.69) is 10.4 Å². The van der Waals surface area contributed by atoms with E-state index in [9.17, 15) is 18.0 Å². The van der Waals surface area contributed by atoms with Crippen molar-refractivity contribution < 1.29 is 27.5 Å². The molecule has 0 aliphatic carbocycles. The Hall–Kier alpha value is -3.86. The first-order valence-electron chi connectivity index (χ1n) is 10.8. The maximum atomic E-state index is 13.4. The number of ether oxygens (including phenoxy) is 2. The van der Waals surface area contributed by atoms with Gasteiger partial charge >= 0.3 is 0 Å². The lowest BCUT2D eigenvalue weighted by Gasteiger charge is -2.32. The number of nitrogens with zero attached hydrogens (tertiary/aromatic N) is 3. The topological polar surface area (TPSA) is 120 Å². The highest BCUT2D eigenvalue weighted by Crippen LogP contribution is 2.36. The van der Waals surface area contributed by atoms with Crippen molar-refractivity contribution in [3.8, 4) is 11.5 Å². The van der Waals surface area contributed by atoms with Crippen molar-refractivity contribution in [2.75, 3.05) is 31.9 Å². The van der Waals surface area contributed by atoms with E-state index < -0.39 is 21.8 Å². The Balaban J connectivity index is 1.63. The van der Waals surface area contributed by atoms with E-state index in [1.54, 1.807) is 53.2 Å². The highest BCUT2D eigenvalue weighted by atomic mass is 32.2. The Labute approximate surface area is 203 Å². The van der Waals surface area contributed by atoms with Crippen LogP contribution >= 0.6 is 0 Å². The van der Waals surface area contributed by atoms with Gasteiger partial charge in [-0.3, -0.25) is 14.3 Å². The van der Waals surface area contributed by atoms with Gasteiger partial charge in [-0.05, 0) is 36.8 Å². The van der Waals surface area contributed by atoms with E-state index in [1.807, 2.05) is 0 Å². The number of nitrogens with one attached hydrogen (secondary N) is 1. The average molecular weight is 499 g/mol. The molecule has 1 aliphatic heterocycles. The van der Waals surface area contributed by atoms with Crippen molar-refractivity contribution in [2.45, 2.75) is 17.4 Å². The van der Waals surface area contributed by atoms with Crippen molar-refractivity contribution in [3.05, 3.63) is 65.5 Å². The predicted octanol–water partition coefficient (Wildman–Crippen LogP) is 2.36. The number of methoxy groups -OCH3 is 2. The summed E-state index contributed by atoms with van der Waals surface area (Å²) in [6.07, 6.45) is 3.06. The van der Waals surface area contributed by atoms with Crippen LogP contribution in [0.3, 0.4) is 0 Å². The Morgan fingerprint density at radius 2 is 1.80 bits per heavy atom. The molecule has 10 nitrogen and oxygen atoms in total. The third-order valence-corrected chi connectivity index (χ3v) is 7.09. The standard InChI is InChI=1S/C24H26N4O6S/c1-27-22-17(26-23(29)16-7-5-6-8-21(16)35(4,31)32)11-12-28(18(22)14-25-27)24(30)15-9-10-19(33-2)20(13-15)34-3/h5-10,13-14,17H,11-12H2,1-4H3,(H,26,29). The van der Waals surface area contributed by atoms with Gasteiger partial charge < -0.3 is 19.7 Å². The summed E-state index contributed by atoms with van der Waals surface area (Å²) in [6, 6.07) is 10.6. The minimum Gasteiger partial charge on any atom is -0.493 e. The molecule has 0 saturated heterocycles. The van der Waals surface area contributed by atoms with Gasteiger partial charge in [-0.25, -0.2) is 8.42 Å². The molecule has 35 heavy (non-hydrogen) atoms. The molecule has 184 valence electrons. The number of fused-ring (bicyclic) bond motifs is 1. The second-order valence-electron chi connectivity index (χ2n) is 8.15. The van der Waals surface area contributed by atoms with E-state index in [1.165, 1.54) is 26.4 Å². The van der Waals surface area contributed by atoms with E-state index in [0.717, 1.165) is 6.26 Å². The van der Waals surface area contributed by atoms with Gasteiger partial charge in [0.2, 0.25) is 0 Å². The molecule has 1 unspecified atom stereocenters. The summed E-state index contributed by atoms with van der Waals surface area (Å²) in [7, 11) is 1.16. The van der Waals surface area contributed by atoms with Crippen molar-refractivity contribution in [3.63, 3.8) is 0 Å². The quantitative estimate of drug-likeness (QED) is 0.554. The van der Waals surface area contributed by atoms with Crippen LogP contribution in [0.2, 0.25) is 0 Å². The molecule has 2 heterocycles. The highest BCUT2D eigenvalue weighted by molar-refractivity contribution is 7.90. The highest BCUT2D eigenvalue weighted by Gasteiger charge is 2.34. The molecule has 1 aromatic heterocycles. The minimum absolute atomic E-state index is 0.0382. The predicted molar refractivity (Wildman–Crippen MR) is 129 cm³/mol. The second kappa shape index (κ2) is 9.41. The first kappa shape index (κ1) is 24.3. The number of hydrogen-bond donors (Lipinski definition) is 1. The first-order chi connectivity index (χ1) is 16.7. The fourth-order valence-corrected chi connectivity index (χ4v) is 5.14. The molecule has 0 fully saturated rings. The summed E-state index contributed by atoms with van der Waals surface area (Å²) in [6.45, 7) is 0.324. The number of sulfone groups is 1. The van der Waals surface area contributed by atoms with Crippen LogP contribution in [-0.2, 0) is 16.9 Å². The summed E-state index contributed by atoms with van der Waals surface area (Å²) in [5.41, 5.74) is 1.71. The second-order valence-corrected chi connectivity index (χ2v) is 10.1. The maximum Gasteiger partial charge on any atom is 0.258 e. The number of aryl methyl sites for hydroxylation is 1. The lowest BCUT2D eigenvalue weighted by Crippen LogP contribution is -2.41. The van der Waals surface area contributed by atoms with Gasteiger partial charge in [0, 0.05) is 25.4 Å². The number of hydrogen-bond acceptors (Lipinski definition) is 7. The molecule has 1 atom stereocenters. The molecule has 0 spiro atoms. The van der Waals surface area contributed by atoms with Crippen LogP contribution in [0.25, 0.3) is 0 Å². The molecular weight excluding hydrogens is 472 g/mol. The van der Waals surface area contributed by atoms with Gasteiger partial charge in [-0.1, -0.05) is 12.1 Å². The van der Waals surface area contributed by atoms with Crippen LogP contribution in [0, 0.1) is 0 Å². The molecule has 3 aromatic rings. The van der Waals surface area contributed by atoms with Crippen LogP contribution in [0.4, 0.5) is 5.69 Å². The first-order valence-corrected chi connectivity index (χ1v) is 12.7. The normalized spacial score (nSPS) is 15.3. The minimum atomic E-state index is -3.59. The van der Waals surface area contributed by atoms with Crippen LogP contribution in [0.5, 0.6) is 11.5 Å². The van der Waals surface area contributed by atoms with E-state index >= 15 is 0 Å². The SMILES string of the molecule is COc1ccc(C(=O)N2CCC(NC(=O)c3ccccc3S(C)(=O)=O)c3c2cnn3C)cc1OC. The number of amides is 2. The van der Waals surface area contributed by atoms with Crippen LogP contribution in [0.1, 0.15) is 38.9 Å². The largest absolute Gasteiger partial charge is 0.493 e. The van der Waals surface area contributed by atoms with Crippen molar-refractivity contribution in [1.82, 2.24) is 15.1 Å². The lowest BCUT2D eigenvalue weighted by molar-refractivity contribution is 0.0928. The number of anilines is 1. The van der Waals surface area contributed by atoms with Crippen LogP contribution in [0.15, 0.2) is 53.6 Å². The van der Waals surface area contributed by atoms with Crippen LogP contribution in [-0.4, -0.2) is 57.0 Å². The molecule has 2 amide bonds. The van der Waals surface area contributed by atoms with E-state index in [-0.39, 0.29) is 16.4 Å². The number of rotatable bonds is 6. The third-order valence-electron chi connectivity index (χ3n) is 5.94. The Morgan fingerprint density at radius 3 is 2.49 bits per heavy atom. The molecule has 0 bridgehead atoms. The summed E-state index contributed by atoms with van der Waals surface area (Å²) < 4.78 is 36.5. The number of benzene rings is 2. The van der Waals surface area contributed by atoms with Gasteiger partial charge in [-0.15, -0.1) is 0 Å². The summed E-state index contributed by atoms with van der Waals surface area (Å²) >= 11 is 0. The average Bonchev–Trinajstić information content (AvgIpc) is 3.24. The molecule has 0 radical (unpaired) electrons. The molecule has 11 heteroatoms. The van der Waals surface area contributed by atoms with E-state index in [0.29, 0.717) is 41.4 Å². The molecular formula is C24H26N4O6S. The fourth-order valence-electron chi connectivity index (χ4n) is 4.25. The summed E-state index contributed by atoms with van der Waals surface area (Å²) in [5.74, 6) is 0.202. The molecule has 2 aromatic carbocycles. The van der Waals surface area contributed by atoms with Gasteiger partial charge in [-0.2, -0.15) is 5.10 Å². The number of carbonyl (C=O) groups is 2. The number of carbonyl (C=O) groups excluding carboxylic acids is 2. The van der Waals surface area contributed by atoms with Gasteiger partial charge in [0.05, 0.1) is 48.3 Å². The fraction of sp³-hybridized carbons (Fsp3) is 0.292. The smallest absolute Gasteiger partial charge is 0.258 e. The molecule has 0 saturated carbocycles. The van der Waals surface area contributed by atoms with Crippen LogP contribution < -0.4 is 19.7 Å². The summed E-state index contributed by atoms with van der Waals surface area (Å²) in [4.78, 5) is 28.0. The molecule has 1 N–H and O–H groups in total. The van der Waals surface area contributed by atoms with Gasteiger partial charge in [0.1, 0.15) is 0 Å². The third kappa shape index (κ3) is 4.59. The Bertz CT molecular complexity index is 1400. The maximum absolute atomic E-state index is 13.4. The lowest BCUT2D eigenvalue weighted by atomic mass is 10.0. The monoisotopic (exact) mass is 498 g/mol. The van der Waals surface area contributed by atoms with Crippen molar-refractivity contribution in [1.29, 1.82) is 0 Å². The van der Waals surface area contributed by atoms with Crippen molar-refractivity contribution >= 4 is 27.3 Å². The summed E-state index contributed by atoms with van der Waals surface area (Å²) in [5, 5.41) is 7.23. The molecule has 4 rings (SSSR count). The zero-order valence-electron chi connectivity index (χ0n) is 19.8. The van der Waals surface area contributed by atoms with Crippen molar-refractivity contribution in [2.24, 2.45) is 7.05 Å². The Morgan fingerprint density at radius 1 is 1.09 bits per heavy atom.